The van der Waals surface area contributed by atoms with E-state index >= 15 is 0 Å². The van der Waals surface area contributed by atoms with E-state index in [4.69, 9.17) is 9.40 Å². The van der Waals surface area contributed by atoms with Gasteiger partial charge in [0.1, 0.15) is 12.4 Å². The molecule has 7 nitrogen and oxygen atoms in total. The predicted octanol–water partition coefficient (Wildman–Crippen LogP) is 4.03. The quantitative estimate of drug-likeness (QED) is 0.533. The maximum Gasteiger partial charge on any atom is 0.286 e. The second-order valence-corrected chi connectivity index (χ2v) is 7.90. The molecule has 1 N–H and O–H groups in total. The molecule has 0 bridgehead atoms. The van der Waals surface area contributed by atoms with E-state index in [1.165, 1.54) is 6.26 Å². The zero-order chi connectivity index (χ0) is 22.4. The van der Waals surface area contributed by atoms with Crippen LogP contribution in [0.5, 0.6) is 0 Å². The first-order valence-electron chi connectivity index (χ1n) is 11.0. The summed E-state index contributed by atoms with van der Waals surface area (Å²) in [5, 5.41) is 2.85. The van der Waals surface area contributed by atoms with Crippen molar-refractivity contribution in [2.75, 3.05) is 6.54 Å². The zero-order valence-corrected chi connectivity index (χ0v) is 18.8. The number of aromatic nitrogens is 2. The first kappa shape index (κ1) is 22.6. The summed E-state index contributed by atoms with van der Waals surface area (Å²) in [7, 11) is 0. The largest absolute Gasteiger partial charge is 0.459 e. The van der Waals surface area contributed by atoms with Crippen LogP contribution in [0, 0.1) is 0 Å². The lowest BCUT2D eigenvalue weighted by molar-refractivity contribution is -0.136. The van der Waals surface area contributed by atoms with E-state index in [1.54, 1.807) is 12.1 Å². The van der Waals surface area contributed by atoms with E-state index in [2.05, 4.69) is 33.0 Å². The van der Waals surface area contributed by atoms with E-state index in [9.17, 15) is 9.59 Å². The van der Waals surface area contributed by atoms with E-state index in [-0.39, 0.29) is 36.2 Å². The highest BCUT2D eigenvalue weighted by Crippen LogP contribution is 2.19. The number of nitrogens with one attached hydrogen (secondary N) is 1. The van der Waals surface area contributed by atoms with Gasteiger partial charge in [0.15, 0.2) is 5.76 Å². The number of para-hydroxylation sites is 2. The van der Waals surface area contributed by atoms with Crippen LogP contribution in [-0.4, -0.2) is 44.9 Å². The Morgan fingerprint density at radius 2 is 1.81 bits per heavy atom. The number of nitrogens with zero attached hydrogens (tertiary/aromatic N) is 3. The van der Waals surface area contributed by atoms with Crippen molar-refractivity contribution in [1.82, 2.24) is 19.8 Å². The molecule has 3 rings (SSSR count). The third kappa shape index (κ3) is 5.16. The molecule has 166 valence electrons. The molecule has 7 heteroatoms. The molecular formula is C24H32N4O3. The van der Waals surface area contributed by atoms with Crippen molar-refractivity contribution in [1.29, 1.82) is 0 Å². The number of hydrogen-bond donors (Lipinski definition) is 1. The lowest BCUT2D eigenvalue weighted by atomic mass is 10.1. The number of benzene rings is 1. The van der Waals surface area contributed by atoms with Gasteiger partial charge < -0.3 is 19.2 Å². The van der Waals surface area contributed by atoms with Gasteiger partial charge in [-0.3, -0.25) is 9.59 Å². The van der Waals surface area contributed by atoms with Crippen LogP contribution in [0.4, 0.5) is 0 Å². The fraction of sp³-hybridized carbons (Fsp3) is 0.458. The highest BCUT2D eigenvalue weighted by molar-refractivity contribution is 5.91. The van der Waals surface area contributed by atoms with Crippen LogP contribution in [0.2, 0.25) is 0 Å². The first-order valence-corrected chi connectivity index (χ1v) is 11.0. The van der Waals surface area contributed by atoms with Crippen molar-refractivity contribution in [3.63, 3.8) is 0 Å². The maximum absolute atomic E-state index is 13.3. The summed E-state index contributed by atoms with van der Waals surface area (Å²) in [5.74, 6) is 0.889. The molecule has 0 aliphatic rings. The van der Waals surface area contributed by atoms with Crippen LogP contribution in [0.3, 0.4) is 0 Å². The molecule has 3 aromatic rings. The molecule has 2 atom stereocenters. The molecule has 0 spiro atoms. The van der Waals surface area contributed by atoms with Gasteiger partial charge >= 0.3 is 0 Å². The third-order valence-corrected chi connectivity index (χ3v) is 5.83. The summed E-state index contributed by atoms with van der Waals surface area (Å²) in [4.78, 5) is 32.2. The molecule has 0 radical (unpaired) electrons. The van der Waals surface area contributed by atoms with Crippen molar-refractivity contribution in [2.45, 2.75) is 65.6 Å². The van der Waals surface area contributed by atoms with Gasteiger partial charge in [-0.2, -0.15) is 0 Å². The molecular weight excluding hydrogens is 392 g/mol. The molecule has 2 amide bonds. The van der Waals surface area contributed by atoms with E-state index in [0.717, 1.165) is 29.7 Å². The number of rotatable bonds is 10. The van der Waals surface area contributed by atoms with Crippen molar-refractivity contribution in [3.05, 3.63) is 54.2 Å². The van der Waals surface area contributed by atoms with Crippen molar-refractivity contribution in [3.8, 4) is 0 Å². The highest BCUT2D eigenvalue weighted by atomic mass is 16.3. The number of carbonyl (C=O) groups is 2. The molecule has 0 aliphatic heterocycles. The Bertz CT molecular complexity index is 999. The maximum atomic E-state index is 13.3. The van der Waals surface area contributed by atoms with Gasteiger partial charge in [0.2, 0.25) is 5.91 Å². The van der Waals surface area contributed by atoms with Crippen molar-refractivity contribution < 1.29 is 14.0 Å². The first-order chi connectivity index (χ1) is 15.0. The molecule has 0 saturated heterocycles. The molecule has 2 heterocycles. The van der Waals surface area contributed by atoms with Gasteiger partial charge in [-0.25, -0.2) is 4.98 Å². The normalized spacial score (nSPS) is 13.2. The molecule has 1 aromatic carbocycles. The van der Waals surface area contributed by atoms with Crippen LogP contribution < -0.4 is 5.32 Å². The molecule has 0 aliphatic carbocycles. The average molecular weight is 425 g/mol. The Morgan fingerprint density at radius 3 is 2.45 bits per heavy atom. The standard InChI is InChI=1S/C24H32N4O3/c1-5-17(3)28(18(4)6-2)23(29)16-27-20-11-8-7-10-19(20)26-22(27)13-14-25-24(30)21-12-9-15-31-21/h7-12,15,17-18H,5-6,13-14,16H2,1-4H3,(H,25,30). The fourth-order valence-electron chi connectivity index (χ4n) is 3.81. The summed E-state index contributed by atoms with van der Waals surface area (Å²) in [5.41, 5.74) is 1.78. The van der Waals surface area contributed by atoms with Crippen molar-refractivity contribution in [2.24, 2.45) is 0 Å². The number of amides is 2. The number of imidazole rings is 1. The lowest BCUT2D eigenvalue weighted by Gasteiger charge is -2.34. The number of hydrogen-bond acceptors (Lipinski definition) is 4. The average Bonchev–Trinajstić information content (AvgIpc) is 3.42. The summed E-state index contributed by atoms with van der Waals surface area (Å²) >= 11 is 0. The smallest absolute Gasteiger partial charge is 0.286 e. The second kappa shape index (κ2) is 10.3. The Labute approximate surface area is 183 Å². The summed E-state index contributed by atoms with van der Waals surface area (Å²) in [6, 6.07) is 11.5. The van der Waals surface area contributed by atoms with Gasteiger partial charge in [-0.15, -0.1) is 0 Å². The fourth-order valence-corrected chi connectivity index (χ4v) is 3.81. The van der Waals surface area contributed by atoms with Crippen LogP contribution in [0.1, 0.15) is 56.9 Å². The molecule has 2 unspecified atom stereocenters. The third-order valence-electron chi connectivity index (χ3n) is 5.83. The Balaban J connectivity index is 1.80. The van der Waals surface area contributed by atoms with Crippen LogP contribution in [-0.2, 0) is 17.8 Å². The summed E-state index contributed by atoms with van der Waals surface area (Å²) in [6.07, 6.45) is 3.81. The van der Waals surface area contributed by atoms with Crippen LogP contribution >= 0.6 is 0 Å². The SMILES string of the molecule is CCC(C)N(C(=O)Cn1c(CCNC(=O)c2ccco2)nc2ccccc21)C(C)CC. The molecule has 31 heavy (non-hydrogen) atoms. The summed E-state index contributed by atoms with van der Waals surface area (Å²) < 4.78 is 7.11. The van der Waals surface area contributed by atoms with Gasteiger partial charge in [0.25, 0.3) is 5.91 Å². The lowest BCUT2D eigenvalue weighted by Crippen LogP contribution is -2.46. The topological polar surface area (TPSA) is 80.4 Å². The predicted molar refractivity (Wildman–Crippen MR) is 121 cm³/mol. The number of carbonyl (C=O) groups excluding carboxylic acids is 2. The second-order valence-electron chi connectivity index (χ2n) is 7.90. The minimum Gasteiger partial charge on any atom is -0.459 e. The van der Waals surface area contributed by atoms with Gasteiger partial charge in [0, 0.05) is 25.0 Å². The van der Waals surface area contributed by atoms with Gasteiger partial charge in [-0.1, -0.05) is 26.0 Å². The Kier molecular flexibility index (Phi) is 7.50. The van der Waals surface area contributed by atoms with Crippen molar-refractivity contribution >= 4 is 22.8 Å². The number of fused-ring (bicyclic) bond motifs is 1. The monoisotopic (exact) mass is 424 g/mol. The summed E-state index contributed by atoms with van der Waals surface area (Å²) in [6.45, 7) is 9.04. The van der Waals surface area contributed by atoms with Gasteiger partial charge in [-0.05, 0) is 51.0 Å². The van der Waals surface area contributed by atoms with E-state index < -0.39 is 0 Å². The van der Waals surface area contributed by atoms with E-state index in [1.807, 2.05) is 33.7 Å². The molecule has 0 saturated carbocycles. The molecule has 2 aromatic heterocycles. The van der Waals surface area contributed by atoms with E-state index in [0.29, 0.717) is 13.0 Å². The minimum atomic E-state index is -0.261. The number of furan rings is 1. The minimum absolute atomic E-state index is 0.0905. The molecule has 0 fully saturated rings. The van der Waals surface area contributed by atoms with Crippen LogP contribution in [0.15, 0.2) is 47.1 Å². The Hall–Kier alpha value is -3.09. The zero-order valence-electron chi connectivity index (χ0n) is 18.8. The van der Waals surface area contributed by atoms with Gasteiger partial charge in [0.05, 0.1) is 17.3 Å². The van der Waals surface area contributed by atoms with Crippen LogP contribution in [0.25, 0.3) is 11.0 Å². The highest BCUT2D eigenvalue weighted by Gasteiger charge is 2.25. The Morgan fingerprint density at radius 1 is 1.10 bits per heavy atom.